The van der Waals surface area contributed by atoms with Crippen LogP contribution >= 0.6 is 0 Å². The zero-order valence-corrected chi connectivity index (χ0v) is 12.0. The van der Waals surface area contributed by atoms with E-state index in [4.69, 9.17) is 0 Å². The number of anilines is 2. The van der Waals surface area contributed by atoms with Gasteiger partial charge in [-0.05, 0) is 32.0 Å². The van der Waals surface area contributed by atoms with Crippen molar-refractivity contribution >= 4 is 17.1 Å². The van der Waals surface area contributed by atoms with E-state index in [1.54, 1.807) is 6.20 Å². The molecular weight excluding hydrogens is 268 g/mol. The predicted molar refractivity (Wildman–Crippen MR) is 83.5 cm³/mol. The molecule has 2 N–H and O–H groups in total. The maximum Gasteiger partial charge on any atom is 0.273 e. The Labute approximate surface area is 123 Å². The van der Waals surface area contributed by atoms with Crippen LogP contribution in [0.3, 0.4) is 0 Å². The van der Waals surface area contributed by atoms with Gasteiger partial charge >= 0.3 is 0 Å². The van der Waals surface area contributed by atoms with Crippen molar-refractivity contribution in [2.24, 2.45) is 0 Å². The van der Waals surface area contributed by atoms with Crippen molar-refractivity contribution in [1.29, 1.82) is 0 Å². The molecular formula is C15H18N4O2. The molecule has 0 spiro atoms. The van der Waals surface area contributed by atoms with Gasteiger partial charge in [0, 0.05) is 36.2 Å². The van der Waals surface area contributed by atoms with Gasteiger partial charge in [-0.25, -0.2) is 0 Å². The van der Waals surface area contributed by atoms with Crippen LogP contribution in [0, 0.1) is 10.1 Å². The lowest BCUT2D eigenvalue weighted by molar-refractivity contribution is -0.384. The smallest absolute Gasteiger partial charge is 0.273 e. The molecule has 110 valence electrons. The van der Waals surface area contributed by atoms with Gasteiger partial charge in [0.2, 0.25) is 0 Å². The Morgan fingerprint density at radius 1 is 1.29 bits per heavy atom. The zero-order valence-electron chi connectivity index (χ0n) is 12.0. The molecule has 0 bridgehead atoms. The van der Waals surface area contributed by atoms with Crippen LogP contribution in [0.2, 0.25) is 0 Å². The fourth-order valence-corrected chi connectivity index (χ4v) is 2.06. The highest BCUT2D eigenvalue weighted by atomic mass is 16.6. The van der Waals surface area contributed by atoms with Crippen LogP contribution in [-0.4, -0.2) is 16.5 Å². The Hall–Kier alpha value is -2.63. The quantitative estimate of drug-likeness (QED) is 0.626. The van der Waals surface area contributed by atoms with Crippen molar-refractivity contribution in [3.05, 3.63) is 58.4 Å². The Balaban J connectivity index is 2.24. The molecule has 21 heavy (non-hydrogen) atoms. The minimum Gasteiger partial charge on any atom is -0.385 e. The first kappa shape index (κ1) is 14.8. The molecule has 2 aromatic rings. The second kappa shape index (κ2) is 6.69. The first-order chi connectivity index (χ1) is 10.1. The van der Waals surface area contributed by atoms with Gasteiger partial charge in [0.1, 0.15) is 0 Å². The number of pyridine rings is 1. The molecule has 1 atom stereocenters. The van der Waals surface area contributed by atoms with E-state index >= 15 is 0 Å². The third kappa shape index (κ3) is 3.92. The van der Waals surface area contributed by atoms with Gasteiger partial charge in [-0.2, -0.15) is 0 Å². The van der Waals surface area contributed by atoms with Gasteiger partial charge in [0.25, 0.3) is 5.69 Å². The lowest BCUT2D eigenvalue weighted by atomic mass is 10.2. The molecule has 0 amide bonds. The summed E-state index contributed by atoms with van der Waals surface area (Å²) in [6, 6.07) is 10.6. The fourth-order valence-electron chi connectivity index (χ4n) is 2.06. The van der Waals surface area contributed by atoms with Crippen LogP contribution in [0.25, 0.3) is 0 Å². The summed E-state index contributed by atoms with van der Waals surface area (Å²) in [6.07, 6.45) is 1.73. The highest BCUT2D eigenvalue weighted by Crippen LogP contribution is 2.26. The minimum atomic E-state index is -0.391. The third-order valence-corrected chi connectivity index (χ3v) is 3.02. The molecule has 0 saturated carbocycles. The van der Waals surface area contributed by atoms with E-state index in [2.05, 4.69) is 15.6 Å². The van der Waals surface area contributed by atoms with Crippen molar-refractivity contribution in [3.63, 3.8) is 0 Å². The molecule has 1 aromatic carbocycles. The molecule has 0 aliphatic carbocycles. The van der Waals surface area contributed by atoms with Crippen LogP contribution in [0.15, 0.2) is 42.6 Å². The summed E-state index contributed by atoms with van der Waals surface area (Å²) in [5.74, 6) is 0. The van der Waals surface area contributed by atoms with Gasteiger partial charge < -0.3 is 10.6 Å². The van der Waals surface area contributed by atoms with Crippen molar-refractivity contribution < 1.29 is 4.92 Å². The number of hydrogen-bond donors (Lipinski definition) is 2. The van der Waals surface area contributed by atoms with Crippen LogP contribution in [0.1, 0.15) is 25.6 Å². The van der Waals surface area contributed by atoms with Crippen LogP contribution in [-0.2, 0) is 0 Å². The summed E-state index contributed by atoms with van der Waals surface area (Å²) in [7, 11) is 0. The lowest BCUT2D eigenvalue weighted by Crippen LogP contribution is -2.09. The maximum atomic E-state index is 11.0. The van der Waals surface area contributed by atoms with Gasteiger partial charge in [-0.1, -0.05) is 6.07 Å². The monoisotopic (exact) mass is 286 g/mol. The second-order valence-electron chi connectivity index (χ2n) is 4.68. The summed E-state index contributed by atoms with van der Waals surface area (Å²) in [6.45, 7) is 4.62. The van der Waals surface area contributed by atoms with Crippen LogP contribution in [0.5, 0.6) is 0 Å². The number of nitro benzene ring substituents is 1. The van der Waals surface area contributed by atoms with Crippen molar-refractivity contribution in [2.75, 3.05) is 17.2 Å². The van der Waals surface area contributed by atoms with E-state index < -0.39 is 4.92 Å². The van der Waals surface area contributed by atoms with Gasteiger partial charge in [-0.3, -0.25) is 15.1 Å². The molecule has 0 saturated heterocycles. The molecule has 1 heterocycles. The molecule has 0 fully saturated rings. The normalized spacial score (nSPS) is 11.7. The van der Waals surface area contributed by atoms with Gasteiger partial charge in [0.15, 0.2) is 0 Å². The molecule has 0 aliphatic rings. The molecule has 0 radical (unpaired) electrons. The molecule has 6 heteroatoms. The van der Waals surface area contributed by atoms with Crippen LogP contribution < -0.4 is 10.6 Å². The number of benzene rings is 1. The molecule has 2 rings (SSSR count). The summed E-state index contributed by atoms with van der Waals surface area (Å²) in [5, 5.41) is 17.3. The van der Waals surface area contributed by atoms with Crippen molar-refractivity contribution in [3.8, 4) is 0 Å². The first-order valence-corrected chi connectivity index (χ1v) is 6.81. The Kier molecular flexibility index (Phi) is 4.71. The standard InChI is InChI=1S/C15H18N4O2/c1-3-16-12-8-13(10-14(9-12)19(20)21)18-11(2)15-6-4-5-7-17-15/h4-11,16,18H,3H2,1-2H3. The largest absolute Gasteiger partial charge is 0.385 e. The summed E-state index contributed by atoms with van der Waals surface area (Å²) in [5.41, 5.74) is 2.36. The Bertz CT molecular complexity index is 616. The number of nitrogens with one attached hydrogen (secondary N) is 2. The zero-order chi connectivity index (χ0) is 15.2. The average Bonchev–Trinajstić information content (AvgIpc) is 2.48. The molecule has 6 nitrogen and oxygen atoms in total. The highest BCUT2D eigenvalue weighted by molar-refractivity contribution is 5.63. The van der Waals surface area contributed by atoms with Crippen molar-refractivity contribution in [1.82, 2.24) is 4.98 Å². The van der Waals surface area contributed by atoms with E-state index in [0.29, 0.717) is 12.2 Å². The number of rotatable bonds is 6. The summed E-state index contributed by atoms with van der Waals surface area (Å²) < 4.78 is 0. The Morgan fingerprint density at radius 2 is 2.05 bits per heavy atom. The number of hydrogen-bond acceptors (Lipinski definition) is 5. The molecule has 1 unspecified atom stereocenters. The highest BCUT2D eigenvalue weighted by Gasteiger charge is 2.12. The average molecular weight is 286 g/mol. The van der Waals surface area contributed by atoms with E-state index in [0.717, 1.165) is 11.4 Å². The third-order valence-electron chi connectivity index (χ3n) is 3.02. The van der Waals surface area contributed by atoms with E-state index in [9.17, 15) is 10.1 Å². The number of non-ortho nitro benzene ring substituents is 1. The molecule has 0 aliphatic heterocycles. The minimum absolute atomic E-state index is 0.0392. The SMILES string of the molecule is CCNc1cc(NC(C)c2ccccn2)cc([N+](=O)[O-])c1. The van der Waals surface area contributed by atoms with E-state index in [1.807, 2.05) is 38.1 Å². The topological polar surface area (TPSA) is 80.1 Å². The number of nitrogens with zero attached hydrogens (tertiary/aromatic N) is 2. The van der Waals surface area contributed by atoms with Gasteiger partial charge in [-0.15, -0.1) is 0 Å². The Morgan fingerprint density at radius 3 is 2.67 bits per heavy atom. The fraction of sp³-hybridized carbons (Fsp3) is 0.267. The summed E-state index contributed by atoms with van der Waals surface area (Å²) >= 11 is 0. The molecule has 1 aromatic heterocycles. The predicted octanol–water partition coefficient (Wildman–Crippen LogP) is 3.59. The van der Waals surface area contributed by atoms with Gasteiger partial charge in [0.05, 0.1) is 16.7 Å². The number of aromatic nitrogens is 1. The van der Waals surface area contributed by atoms with E-state index in [-0.39, 0.29) is 11.7 Å². The van der Waals surface area contributed by atoms with E-state index in [1.165, 1.54) is 12.1 Å². The second-order valence-corrected chi connectivity index (χ2v) is 4.68. The lowest BCUT2D eigenvalue weighted by Gasteiger charge is -2.15. The maximum absolute atomic E-state index is 11.0. The van der Waals surface area contributed by atoms with Crippen molar-refractivity contribution in [2.45, 2.75) is 19.9 Å². The number of nitro groups is 1. The summed E-state index contributed by atoms with van der Waals surface area (Å²) in [4.78, 5) is 14.9. The first-order valence-electron chi connectivity index (χ1n) is 6.81. The van der Waals surface area contributed by atoms with Crippen LogP contribution in [0.4, 0.5) is 17.1 Å².